The predicted octanol–water partition coefficient (Wildman–Crippen LogP) is 1.21. The summed E-state index contributed by atoms with van der Waals surface area (Å²) in [5, 5.41) is 3.09. The molecule has 2 amide bonds. The third-order valence-electron chi connectivity index (χ3n) is 3.78. The Morgan fingerprint density at radius 1 is 1.38 bits per heavy atom. The lowest BCUT2D eigenvalue weighted by atomic mass is 9.97. The number of piperazine rings is 1. The maximum Gasteiger partial charge on any atom is 0.273 e. The zero-order chi connectivity index (χ0) is 15.6. The molecule has 2 heterocycles. The number of hydrogen-bond acceptors (Lipinski definition) is 4. The van der Waals surface area contributed by atoms with Gasteiger partial charge in [0.05, 0.1) is 0 Å². The molecule has 0 radical (unpaired) electrons. The fourth-order valence-electron chi connectivity index (χ4n) is 2.54. The van der Waals surface area contributed by atoms with Crippen molar-refractivity contribution in [2.45, 2.75) is 26.3 Å². The van der Waals surface area contributed by atoms with Crippen LogP contribution in [0.3, 0.4) is 0 Å². The molecule has 21 heavy (non-hydrogen) atoms. The Bertz CT molecular complexity index is 556. The van der Waals surface area contributed by atoms with E-state index in [0.29, 0.717) is 24.6 Å². The van der Waals surface area contributed by atoms with Crippen LogP contribution in [0.15, 0.2) is 18.2 Å². The number of amides is 2. The highest BCUT2D eigenvalue weighted by Crippen LogP contribution is 2.23. The van der Waals surface area contributed by atoms with Crippen LogP contribution in [-0.2, 0) is 4.79 Å². The molecule has 0 aliphatic carbocycles. The Morgan fingerprint density at radius 2 is 2.10 bits per heavy atom. The molecule has 0 aromatic carbocycles. The van der Waals surface area contributed by atoms with Gasteiger partial charge < -0.3 is 15.1 Å². The topological polar surface area (TPSA) is 65.5 Å². The van der Waals surface area contributed by atoms with Gasteiger partial charge in [-0.3, -0.25) is 9.59 Å². The SMILES string of the molecule is CCNc1cccc(C(=O)N2CCN(C)C(=O)C2(C)C)n1. The van der Waals surface area contributed by atoms with Gasteiger partial charge in [0.2, 0.25) is 5.91 Å². The number of nitrogens with one attached hydrogen (secondary N) is 1. The first kappa shape index (κ1) is 15.3. The van der Waals surface area contributed by atoms with Gasteiger partial charge in [0.1, 0.15) is 17.1 Å². The number of likely N-dealkylation sites (N-methyl/N-ethyl adjacent to an activating group) is 1. The summed E-state index contributed by atoms with van der Waals surface area (Å²) in [6, 6.07) is 5.30. The molecular weight excluding hydrogens is 268 g/mol. The molecule has 0 atom stereocenters. The van der Waals surface area contributed by atoms with Crippen molar-refractivity contribution >= 4 is 17.6 Å². The Hall–Kier alpha value is -2.11. The van der Waals surface area contributed by atoms with Crippen molar-refractivity contribution in [3.05, 3.63) is 23.9 Å². The Labute approximate surface area is 125 Å². The van der Waals surface area contributed by atoms with E-state index < -0.39 is 5.54 Å². The molecule has 2 rings (SSSR count). The normalized spacial score (nSPS) is 17.8. The summed E-state index contributed by atoms with van der Waals surface area (Å²) in [6.07, 6.45) is 0. The van der Waals surface area contributed by atoms with Crippen LogP contribution in [0.4, 0.5) is 5.82 Å². The van der Waals surface area contributed by atoms with Crippen LogP contribution < -0.4 is 5.32 Å². The van der Waals surface area contributed by atoms with Gasteiger partial charge in [-0.15, -0.1) is 0 Å². The maximum atomic E-state index is 12.7. The summed E-state index contributed by atoms with van der Waals surface area (Å²) in [7, 11) is 1.76. The summed E-state index contributed by atoms with van der Waals surface area (Å²) in [5.74, 6) is 0.410. The number of rotatable bonds is 3. The molecule has 1 aromatic rings. The maximum absolute atomic E-state index is 12.7. The number of pyridine rings is 1. The molecule has 1 aromatic heterocycles. The Kier molecular flexibility index (Phi) is 4.16. The summed E-state index contributed by atoms with van der Waals surface area (Å²) in [4.78, 5) is 32.5. The quantitative estimate of drug-likeness (QED) is 0.908. The van der Waals surface area contributed by atoms with Gasteiger partial charge in [-0.1, -0.05) is 6.07 Å². The van der Waals surface area contributed by atoms with Crippen molar-refractivity contribution in [2.75, 3.05) is 32.0 Å². The molecule has 1 fully saturated rings. The average Bonchev–Trinajstić information content (AvgIpc) is 2.45. The third-order valence-corrected chi connectivity index (χ3v) is 3.78. The largest absolute Gasteiger partial charge is 0.370 e. The monoisotopic (exact) mass is 290 g/mol. The van der Waals surface area contributed by atoms with Crippen molar-refractivity contribution in [3.63, 3.8) is 0 Å². The molecule has 114 valence electrons. The lowest BCUT2D eigenvalue weighted by molar-refractivity contribution is -0.144. The lowest BCUT2D eigenvalue weighted by Crippen LogP contribution is -2.63. The minimum atomic E-state index is -0.847. The van der Waals surface area contributed by atoms with E-state index >= 15 is 0 Å². The van der Waals surface area contributed by atoms with Crippen LogP contribution in [-0.4, -0.2) is 58.8 Å². The molecule has 0 spiro atoms. The lowest BCUT2D eigenvalue weighted by Gasteiger charge is -2.44. The standard InChI is InChI=1S/C15H22N4O2/c1-5-16-12-8-6-7-11(17-12)13(20)19-10-9-18(4)14(21)15(19,2)3/h6-8H,5,9-10H2,1-4H3,(H,16,17). The smallest absolute Gasteiger partial charge is 0.273 e. The van der Waals surface area contributed by atoms with Crippen LogP contribution in [0.25, 0.3) is 0 Å². The van der Waals surface area contributed by atoms with Crippen molar-refractivity contribution in [2.24, 2.45) is 0 Å². The van der Waals surface area contributed by atoms with Gasteiger partial charge in [-0.2, -0.15) is 0 Å². The van der Waals surface area contributed by atoms with E-state index in [9.17, 15) is 9.59 Å². The second kappa shape index (κ2) is 5.71. The first-order chi connectivity index (χ1) is 9.87. The molecule has 0 unspecified atom stereocenters. The fraction of sp³-hybridized carbons (Fsp3) is 0.533. The van der Waals surface area contributed by atoms with Crippen LogP contribution in [0.2, 0.25) is 0 Å². The Morgan fingerprint density at radius 3 is 2.76 bits per heavy atom. The highest BCUT2D eigenvalue weighted by Gasteiger charge is 2.43. The van der Waals surface area contributed by atoms with Crippen molar-refractivity contribution in [3.8, 4) is 0 Å². The van der Waals surface area contributed by atoms with Gasteiger partial charge >= 0.3 is 0 Å². The van der Waals surface area contributed by atoms with E-state index in [1.54, 1.807) is 42.8 Å². The number of carbonyl (C=O) groups is 2. The number of aromatic nitrogens is 1. The van der Waals surface area contributed by atoms with Crippen molar-refractivity contribution in [1.29, 1.82) is 0 Å². The summed E-state index contributed by atoms with van der Waals surface area (Å²) in [6.45, 7) is 7.32. The zero-order valence-electron chi connectivity index (χ0n) is 13.0. The number of hydrogen-bond donors (Lipinski definition) is 1. The second-order valence-corrected chi connectivity index (χ2v) is 5.68. The number of carbonyl (C=O) groups excluding carboxylic acids is 2. The summed E-state index contributed by atoms with van der Waals surface area (Å²) >= 11 is 0. The number of nitrogens with zero attached hydrogens (tertiary/aromatic N) is 3. The minimum Gasteiger partial charge on any atom is -0.370 e. The minimum absolute atomic E-state index is 0.0510. The molecule has 6 heteroatoms. The van der Waals surface area contributed by atoms with Crippen molar-refractivity contribution in [1.82, 2.24) is 14.8 Å². The van der Waals surface area contributed by atoms with Crippen LogP contribution in [0, 0.1) is 0 Å². The molecule has 1 saturated heterocycles. The van der Waals surface area contributed by atoms with E-state index in [0.717, 1.165) is 6.54 Å². The highest BCUT2D eigenvalue weighted by molar-refractivity contribution is 5.98. The molecule has 0 bridgehead atoms. The molecular formula is C15H22N4O2. The third kappa shape index (κ3) is 2.84. The van der Waals surface area contributed by atoms with Gasteiger partial charge in [-0.25, -0.2) is 4.98 Å². The van der Waals surface area contributed by atoms with E-state index in [1.165, 1.54) is 0 Å². The zero-order valence-corrected chi connectivity index (χ0v) is 13.0. The van der Waals surface area contributed by atoms with Crippen LogP contribution in [0.5, 0.6) is 0 Å². The fourth-order valence-corrected chi connectivity index (χ4v) is 2.54. The van der Waals surface area contributed by atoms with Crippen LogP contribution in [0.1, 0.15) is 31.3 Å². The van der Waals surface area contributed by atoms with Gasteiger partial charge in [-0.05, 0) is 32.9 Å². The van der Waals surface area contributed by atoms with E-state index in [1.807, 2.05) is 13.0 Å². The highest BCUT2D eigenvalue weighted by atomic mass is 16.2. The summed E-state index contributed by atoms with van der Waals surface area (Å²) in [5.41, 5.74) is -0.487. The van der Waals surface area contributed by atoms with Gasteiger partial charge in [0, 0.05) is 26.7 Å². The van der Waals surface area contributed by atoms with Crippen LogP contribution >= 0.6 is 0 Å². The molecule has 1 aliphatic rings. The molecule has 1 aliphatic heterocycles. The average molecular weight is 290 g/mol. The Balaban J connectivity index is 2.27. The molecule has 1 N–H and O–H groups in total. The van der Waals surface area contributed by atoms with E-state index in [4.69, 9.17) is 0 Å². The van der Waals surface area contributed by atoms with Gasteiger partial charge in [0.25, 0.3) is 5.91 Å². The number of anilines is 1. The van der Waals surface area contributed by atoms with Crippen molar-refractivity contribution < 1.29 is 9.59 Å². The molecule has 6 nitrogen and oxygen atoms in total. The van der Waals surface area contributed by atoms with E-state index in [-0.39, 0.29) is 11.8 Å². The first-order valence-electron chi connectivity index (χ1n) is 7.16. The summed E-state index contributed by atoms with van der Waals surface area (Å²) < 4.78 is 0. The predicted molar refractivity (Wildman–Crippen MR) is 81.2 cm³/mol. The molecule has 0 saturated carbocycles. The van der Waals surface area contributed by atoms with Gasteiger partial charge in [0.15, 0.2) is 0 Å². The van der Waals surface area contributed by atoms with E-state index in [2.05, 4.69) is 10.3 Å². The second-order valence-electron chi connectivity index (χ2n) is 5.68. The first-order valence-corrected chi connectivity index (χ1v) is 7.16.